The van der Waals surface area contributed by atoms with Crippen molar-refractivity contribution in [2.75, 3.05) is 33.4 Å². The first-order valence-corrected chi connectivity index (χ1v) is 13.9. The fraction of sp³-hybridized carbons (Fsp3) is 0.458. The van der Waals surface area contributed by atoms with Crippen LogP contribution in [-0.4, -0.2) is 69.5 Å². The molecule has 1 aromatic carbocycles. The van der Waals surface area contributed by atoms with E-state index in [2.05, 4.69) is 5.32 Å². The van der Waals surface area contributed by atoms with Crippen LogP contribution < -0.4 is 10.1 Å². The molecule has 2 heterocycles. The molecule has 1 amide bonds. The van der Waals surface area contributed by atoms with Crippen molar-refractivity contribution in [3.63, 3.8) is 0 Å². The highest BCUT2D eigenvalue weighted by molar-refractivity contribution is 7.89. The zero-order valence-electron chi connectivity index (χ0n) is 19.5. The lowest BCUT2D eigenvalue weighted by Crippen LogP contribution is -2.38. The van der Waals surface area contributed by atoms with Crippen LogP contribution in [0.5, 0.6) is 5.75 Å². The summed E-state index contributed by atoms with van der Waals surface area (Å²) < 4.78 is 44.2. The maximum absolute atomic E-state index is 13.1. The average molecular weight is 523 g/mol. The summed E-state index contributed by atoms with van der Waals surface area (Å²) in [5, 5.41) is 16.4. The summed E-state index contributed by atoms with van der Waals surface area (Å²) in [5.41, 5.74) is 1.08. The summed E-state index contributed by atoms with van der Waals surface area (Å²) in [4.78, 5) is 12.7. The molecule has 11 heteroatoms. The van der Waals surface area contributed by atoms with Gasteiger partial charge in [0.05, 0.1) is 25.2 Å². The number of nitrogens with one attached hydrogen (secondary N) is 1. The smallest absolute Gasteiger partial charge is 0.286 e. The fourth-order valence-corrected chi connectivity index (χ4v) is 5.91. The molecule has 1 aliphatic heterocycles. The van der Waals surface area contributed by atoms with E-state index < -0.39 is 16.3 Å². The average Bonchev–Trinajstić information content (AvgIpc) is 3.50. The number of hydrogen-bond donors (Lipinski definition) is 2. The third-order valence-electron chi connectivity index (χ3n) is 5.86. The third kappa shape index (κ3) is 6.62. The SMILES string of the molecule is COc1ccc(S(=O)(=O)N(CCO)CCO[C@@H]2C[C@H](c3ccsc3)C=C(C(=O)NC3CC3)O2)cc1. The topological polar surface area (TPSA) is 114 Å². The zero-order valence-corrected chi connectivity index (χ0v) is 21.1. The van der Waals surface area contributed by atoms with Gasteiger partial charge in [0, 0.05) is 31.5 Å². The van der Waals surface area contributed by atoms with E-state index in [9.17, 15) is 18.3 Å². The van der Waals surface area contributed by atoms with Crippen LogP contribution in [0.1, 0.15) is 30.7 Å². The number of benzene rings is 1. The van der Waals surface area contributed by atoms with Crippen molar-refractivity contribution in [1.29, 1.82) is 0 Å². The Bertz CT molecular complexity index is 1110. The summed E-state index contributed by atoms with van der Waals surface area (Å²) in [7, 11) is -2.34. The van der Waals surface area contributed by atoms with Gasteiger partial charge < -0.3 is 24.6 Å². The summed E-state index contributed by atoms with van der Waals surface area (Å²) in [6.07, 6.45) is 3.56. The van der Waals surface area contributed by atoms with E-state index in [1.54, 1.807) is 23.5 Å². The second-order valence-corrected chi connectivity index (χ2v) is 11.1. The third-order valence-corrected chi connectivity index (χ3v) is 8.47. The highest BCUT2D eigenvalue weighted by atomic mass is 32.2. The molecule has 2 aromatic rings. The van der Waals surface area contributed by atoms with Crippen molar-refractivity contribution in [2.24, 2.45) is 0 Å². The highest BCUT2D eigenvalue weighted by Crippen LogP contribution is 2.33. The van der Waals surface area contributed by atoms with Gasteiger partial charge in [0.25, 0.3) is 5.91 Å². The van der Waals surface area contributed by atoms with Gasteiger partial charge in [-0.1, -0.05) is 0 Å². The van der Waals surface area contributed by atoms with Crippen LogP contribution in [0.4, 0.5) is 0 Å². The lowest BCUT2D eigenvalue weighted by atomic mass is 9.95. The predicted molar refractivity (Wildman–Crippen MR) is 131 cm³/mol. The molecule has 2 aliphatic rings. The number of methoxy groups -OCH3 is 1. The lowest BCUT2D eigenvalue weighted by molar-refractivity contribution is -0.146. The molecule has 1 aliphatic carbocycles. The van der Waals surface area contributed by atoms with Gasteiger partial charge in [-0.3, -0.25) is 4.79 Å². The van der Waals surface area contributed by atoms with Gasteiger partial charge in [0.2, 0.25) is 16.3 Å². The lowest BCUT2D eigenvalue weighted by Gasteiger charge is -2.29. The number of carbonyl (C=O) groups excluding carboxylic acids is 1. The van der Waals surface area contributed by atoms with Crippen molar-refractivity contribution in [2.45, 2.75) is 42.4 Å². The van der Waals surface area contributed by atoms with E-state index in [0.29, 0.717) is 12.2 Å². The molecule has 9 nitrogen and oxygen atoms in total. The van der Waals surface area contributed by atoms with Gasteiger partial charge in [0.1, 0.15) is 5.75 Å². The molecule has 1 fully saturated rings. The maximum Gasteiger partial charge on any atom is 0.286 e. The number of ether oxygens (including phenoxy) is 3. The van der Waals surface area contributed by atoms with Crippen LogP contribution in [0, 0.1) is 0 Å². The molecule has 0 bridgehead atoms. The van der Waals surface area contributed by atoms with Gasteiger partial charge in [-0.2, -0.15) is 15.6 Å². The molecule has 4 rings (SSSR count). The number of amides is 1. The summed E-state index contributed by atoms with van der Waals surface area (Å²) in [6, 6.07) is 8.27. The van der Waals surface area contributed by atoms with Gasteiger partial charge in [-0.25, -0.2) is 8.42 Å². The largest absolute Gasteiger partial charge is 0.497 e. The Morgan fingerprint density at radius 1 is 1.23 bits per heavy atom. The minimum absolute atomic E-state index is 0.0191. The van der Waals surface area contributed by atoms with Crippen molar-refractivity contribution in [3.8, 4) is 5.75 Å². The Kier molecular flexibility index (Phi) is 8.45. The highest BCUT2D eigenvalue weighted by Gasteiger charge is 2.32. The Hall–Kier alpha value is -2.44. The zero-order chi connectivity index (χ0) is 24.8. The number of thiophene rings is 1. The standard InChI is InChI=1S/C24H30N2O7S2/c1-31-20-4-6-21(7-5-20)35(29,30)26(9-11-27)10-12-32-23-15-18(17-8-13-34-16-17)14-22(33-23)24(28)25-19-2-3-19/h4-8,13-14,16,18-19,23,27H,2-3,9-12,15H2,1H3,(H,25,28)/t18-,23+/m1/s1. The van der Waals surface area contributed by atoms with Crippen molar-refractivity contribution >= 4 is 27.3 Å². The van der Waals surface area contributed by atoms with Gasteiger partial charge >= 0.3 is 0 Å². The molecule has 0 radical (unpaired) electrons. The van der Waals surface area contributed by atoms with E-state index in [-0.39, 0.29) is 54.8 Å². The number of aliphatic hydroxyl groups is 1. The molecule has 2 atom stereocenters. The molecule has 1 aromatic heterocycles. The Labute approximate surface area is 209 Å². The minimum Gasteiger partial charge on any atom is -0.497 e. The summed E-state index contributed by atoms with van der Waals surface area (Å²) in [5.74, 6) is 0.467. The maximum atomic E-state index is 13.1. The molecule has 190 valence electrons. The van der Waals surface area contributed by atoms with E-state index >= 15 is 0 Å². The van der Waals surface area contributed by atoms with Gasteiger partial charge in [-0.05, 0) is 65.6 Å². The molecular formula is C24H30N2O7S2. The molecule has 0 saturated heterocycles. The fourth-order valence-electron chi connectivity index (χ4n) is 3.77. The van der Waals surface area contributed by atoms with E-state index in [1.165, 1.54) is 23.5 Å². The minimum atomic E-state index is -3.85. The number of sulfonamides is 1. The van der Waals surface area contributed by atoms with Crippen molar-refractivity contribution in [1.82, 2.24) is 9.62 Å². The number of aliphatic hydroxyl groups excluding tert-OH is 1. The molecule has 0 spiro atoms. The van der Waals surface area contributed by atoms with Crippen LogP contribution in [-0.2, 0) is 24.3 Å². The van der Waals surface area contributed by atoms with Crippen LogP contribution in [0.2, 0.25) is 0 Å². The van der Waals surface area contributed by atoms with Crippen molar-refractivity contribution < 1.29 is 32.5 Å². The second-order valence-electron chi connectivity index (χ2n) is 8.40. The second kappa shape index (κ2) is 11.5. The number of nitrogens with zero attached hydrogens (tertiary/aromatic N) is 1. The Morgan fingerprint density at radius 3 is 2.63 bits per heavy atom. The summed E-state index contributed by atoms with van der Waals surface area (Å²) in [6.45, 7) is -0.349. The Balaban J connectivity index is 1.40. The van der Waals surface area contributed by atoms with Crippen molar-refractivity contribution in [3.05, 3.63) is 58.5 Å². The normalized spacial score (nSPS) is 20.3. The molecular weight excluding hydrogens is 492 g/mol. The van der Waals surface area contributed by atoms with E-state index in [1.807, 2.05) is 22.9 Å². The van der Waals surface area contributed by atoms with Gasteiger partial charge in [-0.15, -0.1) is 0 Å². The van der Waals surface area contributed by atoms with Gasteiger partial charge in [0.15, 0.2) is 5.76 Å². The predicted octanol–water partition coefficient (Wildman–Crippen LogP) is 2.45. The van der Waals surface area contributed by atoms with Crippen LogP contribution in [0.25, 0.3) is 0 Å². The quantitative estimate of drug-likeness (QED) is 0.440. The first kappa shape index (κ1) is 25.6. The number of rotatable bonds is 12. The summed E-state index contributed by atoms with van der Waals surface area (Å²) >= 11 is 1.58. The molecule has 35 heavy (non-hydrogen) atoms. The van der Waals surface area contributed by atoms with Crippen LogP contribution >= 0.6 is 11.3 Å². The molecule has 2 N–H and O–H groups in total. The Morgan fingerprint density at radius 2 is 2.00 bits per heavy atom. The number of hydrogen-bond acceptors (Lipinski definition) is 8. The first-order valence-electron chi connectivity index (χ1n) is 11.5. The number of allylic oxidation sites excluding steroid dienone is 1. The van der Waals surface area contributed by atoms with E-state index in [4.69, 9.17) is 14.2 Å². The van der Waals surface area contributed by atoms with E-state index in [0.717, 1.165) is 18.4 Å². The monoisotopic (exact) mass is 522 g/mol. The molecule has 0 unspecified atom stereocenters. The van der Waals surface area contributed by atoms with Crippen LogP contribution in [0.3, 0.4) is 0 Å². The number of carbonyl (C=O) groups is 1. The first-order chi connectivity index (χ1) is 16.9. The molecule has 1 saturated carbocycles. The van der Waals surface area contributed by atoms with Crippen LogP contribution in [0.15, 0.2) is 57.8 Å².